The highest BCUT2D eigenvalue weighted by molar-refractivity contribution is 5.86. The van der Waals surface area contributed by atoms with E-state index in [4.69, 9.17) is 0 Å². The molecular formula is C15H20F2N2O. The molecule has 110 valence electrons. The van der Waals surface area contributed by atoms with Crippen LogP contribution in [0.25, 0.3) is 0 Å². The molecule has 1 aromatic rings. The summed E-state index contributed by atoms with van der Waals surface area (Å²) in [5.41, 5.74) is 0.0837. The van der Waals surface area contributed by atoms with Crippen LogP contribution in [-0.2, 0) is 11.2 Å². The van der Waals surface area contributed by atoms with Gasteiger partial charge >= 0.3 is 0 Å². The molecule has 1 atom stereocenters. The summed E-state index contributed by atoms with van der Waals surface area (Å²) in [6, 6.07) is 3.42. The maximum Gasteiger partial charge on any atom is 0.240 e. The molecule has 1 aromatic carbocycles. The molecule has 1 saturated heterocycles. The molecule has 0 aromatic heterocycles. The number of hydrogen-bond acceptors (Lipinski definition) is 2. The van der Waals surface area contributed by atoms with Gasteiger partial charge in [-0.15, -0.1) is 0 Å². The molecule has 1 unspecified atom stereocenters. The van der Waals surface area contributed by atoms with E-state index in [0.717, 1.165) is 31.9 Å². The molecule has 1 heterocycles. The molecule has 0 bridgehead atoms. The van der Waals surface area contributed by atoms with Gasteiger partial charge in [0.1, 0.15) is 11.6 Å². The van der Waals surface area contributed by atoms with Gasteiger partial charge in [0.25, 0.3) is 0 Å². The van der Waals surface area contributed by atoms with Crippen LogP contribution in [0.5, 0.6) is 0 Å². The Balaban J connectivity index is 1.87. The van der Waals surface area contributed by atoms with Crippen molar-refractivity contribution < 1.29 is 13.6 Å². The van der Waals surface area contributed by atoms with Crippen LogP contribution in [0.1, 0.15) is 31.7 Å². The van der Waals surface area contributed by atoms with Crippen LogP contribution in [0.15, 0.2) is 18.2 Å². The van der Waals surface area contributed by atoms with E-state index in [1.54, 1.807) is 0 Å². The molecule has 2 rings (SSSR count). The van der Waals surface area contributed by atoms with Gasteiger partial charge in [-0.1, -0.05) is 6.92 Å². The Morgan fingerprint density at radius 2 is 2.05 bits per heavy atom. The van der Waals surface area contributed by atoms with Crippen LogP contribution >= 0.6 is 0 Å². The molecule has 0 saturated carbocycles. The zero-order chi connectivity index (χ0) is 14.6. The fourth-order valence-electron chi connectivity index (χ4n) is 2.71. The number of benzene rings is 1. The van der Waals surface area contributed by atoms with Gasteiger partial charge in [-0.05, 0) is 49.9 Å². The summed E-state index contributed by atoms with van der Waals surface area (Å²) >= 11 is 0. The largest absolute Gasteiger partial charge is 0.354 e. The molecule has 1 aliphatic heterocycles. The first kappa shape index (κ1) is 14.9. The van der Waals surface area contributed by atoms with E-state index >= 15 is 0 Å². The van der Waals surface area contributed by atoms with E-state index in [-0.39, 0.29) is 5.91 Å². The number of hydrogen-bond donors (Lipinski definition) is 2. The minimum atomic E-state index is -0.589. The van der Waals surface area contributed by atoms with Gasteiger partial charge in [0.15, 0.2) is 0 Å². The molecule has 0 radical (unpaired) electrons. The predicted octanol–water partition coefficient (Wildman–Crippen LogP) is 2.16. The van der Waals surface area contributed by atoms with Crippen LogP contribution in [0.3, 0.4) is 0 Å². The van der Waals surface area contributed by atoms with Crippen LogP contribution in [0, 0.1) is 11.6 Å². The maximum atomic E-state index is 13.0. The minimum absolute atomic E-state index is 0.0191. The van der Waals surface area contributed by atoms with Crippen LogP contribution in [0.2, 0.25) is 0 Å². The number of rotatable bonds is 5. The van der Waals surface area contributed by atoms with E-state index in [2.05, 4.69) is 10.6 Å². The summed E-state index contributed by atoms with van der Waals surface area (Å²) < 4.78 is 26.1. The molecule has 1 aliphatic rings. The number of carbonyl (C=O) groups is 1. The second-order valence-corrected chi connectivity index (χ2v) is 5.25. The molecule has 1 fully saturated rings. The first-order chi connectivity index (χ1) is 9.55. The summed E-state index contributed by atoms with van der Waals surface area (Å²) in [7, 11) is 0. The van der Waals surface area contributed by atoms with Gasteiger partial charge in [-0.3, -0.25) is 4.79 Å². The Hall–Kier alpha value is -1.49. The Kier molecular flexibility index (Phi) is 4.70. The SMILES string of the molecule is CCC1(C(=O)NCCc2cc(F)cc(F)c2)CCCN1. The highest BCUT2D eigenvalue weighted by atomic mass is 19.1. The van der Waals surface area contributed by atoms with E-state index in [9.17, 15) is 13.6 Å². The third kappa shape index (κ3) is 3.33. The minimum Gasteiger partial charge on any atom is -0.354 e. The van der Waals surface area contributed by atoms with Gasteiger partial charge < -0.3 is 10.6 Å². The summed E-state index contributed by atoms with van der Waals surface area (Å²) in [6.45, 7) is 3.22. The average molecular weight is 282 g/mol. The number of amides is 1. The number of carbonyl (C=O) groups excluding carboxylic acids is 1. The van der Waals surface area contributed by atoms with Gasteiger partial charge in [-0.25, -0.2) is 8.78 Å². The molecule has 0 aliphatic carbocycles. The van der Waals surface area contributed by atoms with E-state index < -0.39 is 17.2 Å². The zero-order valence-corrected chi connectivity index (χ0v) is 11.6. The van der Waals surface area contributed by atoms with Gasteiger partial charge in [0.2, 0.25) is 5.91 Å². The zero-order valence-electron chi connectivity index (χ0n) is 11.6. The van der Waals surface area contributed by atoms with Crippen molar-refractivity contribution >= 4 is 5.91 Å². The lowest BCUT2D eigenvalue weighted by Gasteiger charge is -2.26. The Bertz CT molecular complexity index is 465. The molecular weight excluding hydrogens is 262 g/mol. The molecule has 5 heteroatoms. The second kappa shape index (κ2) is 6.31. The van der Waals surface area contributed by atoms with Gasteiger partial charge in [0.05, 0.1) is 5.54 Å². The lowest BCUT2D eigenvalue weighted by atomic mass is 9.93. The van der Waals surface area contributed by atoms with E-state index in [1.807, 2.05) is 6.92 Å². The third-order valence-corrected chi connectivity index (χ3v) is 3.90. The monoisotopic (exact) mass is 282 g/mol. The predicted molar refractivity (Wildman–Crippen MR) is 73.3 cm³/mol. The fraction of sp³-hybridized carbons (Fsp3) is 0.533. The van der Waals surface area contributed by atoms with E-state index in [0.29, 0.717) is 18.5 Å². The standard InChI is InChI=1S/C15H20F2N2O/c1-2-15(5-3-6-19-15)14(20)18-7-4-11-8-12(16)10-13(17)9-11/h8-10,19H,2-7H2,1H3,(H,18,20). The van der Waals surface area contributed by atoms with Crippen molar-refractivity contribution in [2.75, 3.05) is 13.1 Å². The van der Waals surface area contributed by atoms with Crippen molar-refractivity contribution in [2.24, 2.45) is 0 Å². The van der Waals surface area contributed by atoms with Crippen molar-refractivity contribution in [3.63, 3.8) is 0 Å². The highest BCUT2D eigenvalue weighted by Gasteiger charge is 2.38. The lowest BCUT2D eigenvalue weighted by molar-refractivity contribution is -0.127. The average Bonchev–Trinajstić information content (AvgIpc) is 2.87. The summed E-state index contributed by atoms with van der Waals surface area (Å²) in [5.74, 6) is -1.20. The van der Waals surface area contributed by atoms with Crippen molar-refractivity contribution in [2.45, 2.75) is 38.1 Å². The molecule has 1 amide bonds. The molecule has 2 N–H and O–H groups in total. The fourth-order valence-corrected chi connectivity index (χ4v) is 2.71. The lowest BCUT2D eigenvalue weighted by Crippen LogP contribution is -2.53. The molecule has 3 nitrogen and oxygen atoms in total. The topological polar surface area (TPSA) is 41.1 Å². The Morgan fingerprint density at radius 1 is 1.35 bits per heavy atom. The first-order valence-electron chi connectivity index (χ1n) is 7.04. The summed E-state index contributed by atoms with van der Waals surface area (Å²) in [4.78, 5) is 12.2. The smallest absolute Gasteiger partial charge is 0.240 e. The highest BCUT2D eigenvalue weighted by Crippen LogP contribution is 2.23. The normalized spacial score (nSPS) is 21.9. The van der Waals surface area contributed by atoms with Crippen LogP contribution in [0.4, 0.5) is 8.78 Å². The molecule has 0 spiro atoms. The summed E-state index contributed by atoms with van der Waals surface area (Å²) in [5, 5.41) is 6.11. The van der Waals surface area contributed by atoms with E-state index in [1.165, 1.54) is 12.1 Å². The van der Waals surface area contributed by atoms with Crippen LogP contribution < -0.4 is 10.6 Å². The Morgan fingerprint density at radius 3 is 2.60 bits per heavy atom. The van der Waals surface area contributed by atoms with Crippen molar-refractivity contribution in [3.8, 4) is 0 Å². The van der Waals surface area contributed by atoms with Gasteiger partial charge in [0, 0.05) is 12.6 Å². The third-order valence-electron chi connectivity index (χ3n) is 3.90. The number of nitrogens with one attached hydrogen (secondary N) is 2. The quantitative estimate of drug-likeness (QED) is 0.869. The first-order valence-corrected chi connectivity index (χ1v) is 7.04. The second-order valence-electron chi connectivity index (χ2n) is 5.25. The van der Waals surface area contributed by atoms with Crippen LogP contribution in [-0.4, -0.2) is 24.5 Å². The number of halogens is 2. The molecule has 20 heavy (non-hydrogen) atoms. The van der Waals surface area contributed by atoms with Crippen molar-refractivity contribution in [1.82, 2.24) is 10.6 Å². The Labute approximate surface area is 117 Å². The maximum absolute atomic E-state index is 13.0. The summed E-state index contributed by atoms with van der Waals surface area (Å²) in [6.07, 6.45) is 2.99. The van der Waals surface area contributed by atoms with Gasteiger partial charge in [-0.2, -0.15) is 0 Å². The van der Waals surface area contributed by atoms with Crippen molar-refractivity contribution in [1.29, 1.82) is 0 Å². The van der Waals surface area contributed by atoms with Crippen molar-refractivity contribution in [3.05, 3.63) is 35.4 Å².